The molecule has 5 rings (SSSR count). The van der Waals surface area contributed by atoms with Gasteiger partial charge in [-0.2, -0.15) is 0 Å². The lowest BCUT2D eigenvalue weighted by atomic mass is 9.91. The number of esters is 2. The SMILES string of the molecule is CC(C)(C)OC(=O)CCC(CO)NC(=O)c1cccc(CNC(=O)C2=CC3OCOC3C(OC(=O)c3ccc(C=CCc4ccccc4O)cc3)C2)c1. The Hall–Kier alpha value is -5.30. The number of rotatable bonds is 14. The van der Waals surface area contributed by atoms with Gasteiger partial charge < -0.3 is 39.8 Å². The molecular formula is C41H46N2O10. The highest BCUT2D eigenvalue weighted by atomic mass is 16.7. The summed E-state index contributed by atoms with van der Waals surface area (Å²) >= 11 is 0. The Morgan fingerprint density at radius 3 is 2.47 bits per heavy atom. The largest absolute Gasteiger partial charge is 0.508 e. The number of allylic oxidation sites excluding steroid dienone is 1. The van der Waals surface area contributed by atoms with Crippen LogP contribution in [-0.2, 0) is 41.5 Å². The molecule has 1 saturated heterocycles. The zero-order chi connectivity index (χ0) is 38.0. The maximum atomic E-state index is 13.3. The molecule has 1 aliphatic carbocycles. The molecule has 3 aromatic carbocycles. The lowest BCUT2D eigenvalue weighted by Gasteiger charge is -2.30. The summed E-state index contributed by atoms with van der Waals surface area (Å²) in [4.78, 5) is 51.5. The number of aliphatic hydroxyl groups excluding tert-OH is 1. The molecule has 280 valence electrons. The summed E-state index contributed by atoms with van der Waals surface area (Å²) < 4.78 is 22.5. The van der Waals surface area contributed by atoms with Crippen LogP contribution < -0.4 is 10.6 Å². The average Bonchev–Trinajstić information content (AvgIpc) is 3.62. The summed E-state index contributed by atoms with van der Waals surface area (Å²) in [5.41, 5.74) is 2.77. The standard InChI is InChI=1S/C41H46N2O10/c1-41(2,3)53-36(46)19-18-32(24-44)43-39(48)30-12-7-9-27(20-30)23-42-38(47)31-21-34-37(51-25-50-34)35(22-31)52-40(49)29-16-14-26(15-17-29)8-6-11-28-10-4-5-13-33(28)45/h4-10,12-17,20-21,32,34-35,37,44-45H,11,18-19,22-25H2,1-3H3,(H,42,47)(H,43,48). The minimum absolute atomic E-state index is 0.00354. The first kappa shape index (κ1) is 38.9. The van der Waals surface area contributed by atoms with Gasteiger partial charge in [0.1, 0.15) is 36.5 Å². The maximum Gasteiger partial charge on any atom is 0.338 e. The Morgan fingerprint density at radius 2 is 1.74 bits per heavy atom. The van der Waals surface area contributed by atoms with Crippen LogP contribution in [0.4, 0.5) is 0 Å². The first-order valence-corrected chi connectivity index (χ1v) is 17.6. The number of hydrogen-bond donors (Lipinski definition) is 4. The molecule has 4 unspecified atom stereocenters. The Labute approximate surface area is 308 Å². The molecule has 2 aliphatic rings. The predicted molar refractivity (Wildman–Crippen MR) is 196 cm³/mol. The fourth-order valence-corrected chi connectivity index (χ4v) is 5.95. The Morgan fingerprint density at radius 1 is 0.962 bits per heavy atom. The Kier molecular flexibility index (Phi) is 13.2. The van der Waals surface area contributed by atoms with Gasteiger partial charge in [-0.25, -0.2) is 4.79 Å². The van der Waals surface area contributed by atoms with Crippen molar-refractivity contribution in [1.82, 2.24) is 10.6 Å². The molecule has 12 nitrogen and oxygen atoms in total. The molecule has 3 aromatic rings. The average molecular weight is 727 g/mol. The van der Waals surface area contributed by atoms with Crippen molar-refractivity contribution in [2.75, 3.05) is 13.4 Å². The van der Waals surface area contributed by atoms with Gasteiger partial charge in [0.2, 0.25) is 5.91 Å². The second-order valence-electron chi connectivity index (χ2n) is 13.9. The number of carbonyl (C=O) groups excluding carboxylic acids is 4. The van der Waals surface area contributed by atoms with Crippen LogP contribution in [0.2, 0.25) is 0 Å². The molecule has 1 aliphatic heterocycles. The van der Waals surface area contributed by atoms with Gasteiger partial charge in [0.15, 0.2) is 0 Å². The van der Waals surface area contributed by atoms with E-state index >= 15 is 0 Å². The molecule has 0 bridgehead atoms. The van der Waals surface area contributed by atoms with Gasteiger partial charge in [-0.05, 0) is 86.7 Å². The fourth-order valence-electron chi connectivity index (χ4n) is 5.95. The lowest BCUT2D eigenvalue weighted by Crippen LogP contribution is -2.43. The number of nitrogens with one attached hydrogen (secondary N) is 2. The Balaban J connectivity index is 1.13. The highest BCUT2D eigenvalue weighted by Crippen LogP contribution is 2.31. The molecule has 2 amide bonds. The molecule has 53 heavy (non-hydrogen) atoms. The van der Waals surface area contributed by atoms with Crippen LogP contribution in [0.3, 0.4) is 0 Å². The van der Waals surface area contributed by atoms with E-state index in [9.17, 15) is 29.4 Å². The topological polar surface area (TPSA) is 170 Å². The van der Waals surface area contributed by atoms with E-state index in [4.69, 9.17) is 18.9 Å². The van der Waals surface area contributed by atoms with Crippen molar-refractivity contribution in [1.29, 1.82) is 0 Å². The van der Waals surface area contributed by atoms with Crippen molar-refractivity contribution in [3.8, 4) is 5.75 Å². The van der Waals surface area contributed by atoms with E-state index in [2.05, 4.69) is 10.6 Å². The summed E-state index contributed by atoms with van der Waals surface area (Å²) in [6.07, 6.45) is 4.55. The van der Waals surface area contributed by atoms with E-state index in [0.29, 0.717) is 28.7 Å². The number of hydrogen-bond acceptors (Lipinski definition) is 10. The van der Waals surface area contributed by atoms with Crippen LogP contribution in [0.25, 0.3) is 6.08 Å². The smallest absolute Gasteiger partial charge is 0.338 e. The minimum atomic E-state index is -0.763. The van der Waals surface area contributed by atoms with Gasteiger partial charge in [0.05, 0.1) is 18.2 Å². The van der Waals surface area contributed by atoms with E-state index in [1.165, 1.54) is 0 Å². The third-order valence-electron chi connectivity index (χ3n) is 8.65. The van der Waals surface area contributed by atoms with Crippen molar-refractivity contribution in [2.24, 2.45) is 0 Å². The number of phenolic OH excluding ortho intramolecular Hbond substituents is 1. The van der Waals surface area contributed by atoms with Gasteiger partial charge >= 0.3 is 11.9 Å². The fraction of sp³-hybridized carbons (Fsp3) is 0.366. The first-order valence-electron chi connectivity index (χ1n) is 17.6. The second-order valence-corrected chi connectivity index (χ2v) is 13.9. The third-order valence-corrected chi connectivity index (χ3v) is 8.65. The van der Waals surface area contributed by atoms with E-state index in [1.807, 2.05) is 24.3 Å². The second kappa shape index (κ2) is 18.0. The zero-order valence-electron chi connectivity index (χ0n) is 30.1. The molecular weight excluding hydrogens is 680 g/mol. The normalized spacial score (nSPS) is 18.8. The summed E-state index contributed by atoms with van der Waals surface area (Å²) in [7, 11) is 0. The quantitative estimate of drug-likeness (QED) is 0.170. The molecule has 4 N–H and O–H groups in total. The van der Waals surface area contributed by atoms with E-state index < -0.39 is 47.8 Å². The third kappa shape index (κ3) is 11.3. The molecule has 0 saturated carbocycles. The van der Waals surface area contributed by atoms with Gasteiger partial charge in [-0.3, -0.25) is 14.4 Å². The van der Waals surface area contributed by atoms with Gasteiger partial charge in [-0.1, -0.05) is 54.6 Å². The number of para-hydroxylation sites is 1. The number of phenols is 1. The maximum absolute atomic E-state index is 13.3. The monoisotopic (exact) mass is 726 g/mol. The van der Waals surface area contributed by atoms with Crippen LogP contribution in [0.5, 0.6) is 5.75 Å². The van der Waals surface area contributed by atoms with Crippen LogP contribution in [0.1, 0.15) is 77.4 Å². The number of benzene rings is 3. The summed E-state index contributed by atoms with van der Waals surface area (Å²) in [5.74, 6) is -1.54. The van der Waals surface area contributed by atoms with E-state index in [0.717, 1.165) is 11.1 Å². The molecule has 1 fully saturated rings. The van der Waals surface area contributed by atoms with Crippen molar-refractivity contribution in [2.45, 2.75) is 83.0 Å². The summed E-state index contributed by atoms with van der Waals surface area (Å²) in [6, 6.07) is 20.1. The zero-order valence-corrected chi connectivity index (χ0v) is 30.1. The molecule has 0 radical (unpaired) electrons. The van der Waals surface area contributed by atoms with Crippen LogP contribution >= 0.6 is 0 Å². The number of aromatic hydroxyl groups is 1. The predicted octanol–water partition coefficient (Wildman–Crippen LogP) is 4.77. The van der Waals surface area contributed by atoms with Crippen molar-refractivity contribution >= 4 is 29.8 Å². The molecule has 1 heterocycles. The van der Waals surface area contributed by atoms with Gasteiger partial charge in [-0.15, -0.1) is 0 Å². The Bertz CT molecular complexity index is 1830. The van der Waals surface area contributed by atoms with Crippen LogP contribution in [-0.4, -0.2) is 77.3 Å². The van der Waals surface area contributed by atoms with E-state index in [1.54, 1.807) is 87.5 Å². The van der Waals surface area contributed by atoms with Crippen molar-refractivity contribution in [3.05, 3.63) is 118 Å². The van der Waals surface area contributed by atoms with Crippen LogP contribution in [0.15, 0.2) is 90.5 Å². The van der Waals surface area contributed by atoms with Crippen molar-refractivity contribution < 1.29 is 48.3 Å². The number of aliphatic hydroxyl groups is 1. The highest BCUT2D eigenvalue weighted by molar-refractivity contribution is 5.95. The highest BCUT2D eigenvalue weighted by Gasteiger charge is 2.42. The van der Waals surface area contributed by atoms with Gasteiger partial charge in [0.25, 0.3) is 5.91 Å². The first-order chi connectivity index (χ1) is 25.4. The number of ether oxygens (including phenoxy) is 4. The minimum Gasteiger partial charge on any atom is -0.508 e. The lowest BCUT2D eigenvalue weighted by molar-refractivity contribution is -0.155. The number of amides is 2. The molecule has 0 aromatic heterocycles. The summed E-state index contributed by atoms with van der Waals surface area (Å²) in [5, 5.41) is 25.4. The molecule has 4 atom stereocenters. The summed E-state index contributed by atoms with van der Waals surface area (Å²) in [6.45, 7) is 5.07. The molecule has 0 spiro atoms. The van der Waals surface area contributed by atoms with E-state index in [-0.39, 0.29) is 50.9 Å². The van der Waals surface area contributed by atoms with Crippen LogP contribution in [0, 0.1) is 0 Å². The molecule has 12 heteroatoms. The van der Waals surface area contributed by atoms with Crippen molar-refractivity contribution in [3.63, 3.8) is 0 Å². The number of carbonyl (C=O) groups is 4. The number of fused-ring (bicyclic) bond motifs is 1. The van der Waals surface area contributed by atoms with Gasteiger partial charge in [0, 0.05) is 30.5 Å².